The summed E-state index contributed by atoms with van der Waals surface area (Å²) in [6.07, 6.45) is 0. The summed E-state index contributed by atoms with van der Waals surface area (Å²) in [5, 5.41) is 0. The lowest BCUT2D eigenvalue weighted by Crippen LogP contribution is -2.31. The standard InChI is InChI=1S/C6H11ClO3/c1-5(2)8-6(3,4-7)10-9-5/h4H2,1-3H3. The molecule has 0 spiro atoms. The Morgan fingerprint density at radius 3 is 2.00 bits per heavy atom. The molecule has 60 valence electrons. The SMILES string of the molecule is CC1(C)OOC(C)(CCl)O1. The van der Waals surface area contributed by atoms with Crippen LogP contribution >= 0.6 is 11.6 Å². The van der Waals surface area contributed by atoms with E-state index in [-0.39, 0.29) is 5.88 Å². The van der Waals surface area contributed by atoms with Crippen LogP contribution in [0.25, 0.3) is 0 Å². The molecule has 10 heavy (non-hydrogen) atoms. The molecule has 1 fully saturated rings. The van der Waals surface area contributed by atoms with Crippen molar-refractivity contribution in [2.45, 2.75) is 32.3 Å². The van der Waals surface area contributed by atoms with Gasteiger partial charge in [-0.05, 0) is 20.8 Å². The van der Waals surface area contributed by atoms with Crippen LogP contribution in [-0.2, 0) is 14.5 Å². The van der Waals surface area contributed by atoms with Crippen LogP contribution in [0.2, 0.25) is 0 Å². The molecular formula is C6H11ClO3. The van der Waals surface area contributed by atoms with Crippen LogP contribution in [0.3, 0.4) is 0 Å². The molecule has 3 nitrogen and oxygen atoms in total. The van der Waals surface area contributed by atoms with E-state index in [1.165, 1.54) is 0 Å². The summed E-state index contributed by atoms with van der Waals surface area (Å²) in [4.78, 5) is 9.69. The third-order valence-electron chi connectivity index (χ3n) is 1.12. The fourth-order valence-corrected chi connectivity index (χ4v) is 0.891. The van der Waals surface area contributed by atoms with Gasteiger partial charge in [-0.25, -0.2) is 0 Å². The molecule has 1 heterocycles. The van der Waals surface area contributed by atoms with Crippen molar-refractivity contribution in [1.29, 1.82) is 0 Å². The highest BCUT2D eigenvalue weighted by Crippen LogP contribution is 2.32. The fourth-order valence-electron chi connectivity index (χ4n) is 0.792. The summed E-state index contributed by atoms with van der Waals surface area (Å²) in [7, 11) is 0. The normalized spacial score (nSPS) is 38.4. The lowest BCUT2D eigenvalue weighted by atomic mass is 10.3. The molecule has 1 rings (SSSR count). The summed E-state index contributed by atoms with van der Waals surface area (Å²) in [6.45, 7) is 5.27. The quantitative estimate of drug-likeness (QED) is 0.438. The predicted octanol–water partition coefficient (Wildman–Crippen LogP) is 1.66. The number of ether oxygens (including phenoxy) is 1. The van der Waals surface area contributed by atoms with Gasteiger partial charge in [0.05, 0.1) is 5.88 Å². The molecule has 0 N–H and O–H groups in total. The maximum atomic E-state index is 5.55. The van der Waals surface area contributed by atoms with Gasteiger partial charge in [0.15, 0.2) is 5.79 Å². The summed E-state index contributed by atoms with van der Waals surface area (Å²) in [6, 6.07) is 0. The van der Waals surface area contributed by atoms with E-state index in [4.69, 9.17) is 26.1 Å². The topological polar surface area (TPSA) is 27.7 Å². The Morgan fingerprint density at radius 2 is 1.80 bits per heavy atom. The van der Waals surface area contributed by atoms with Crippen LogP contribution in [0.5, 0.6) is 0 Å². The third kappa shape index (κ3) is 1.61. The number of halogens is 1. The van der Waals surface area contributed by atoms with E-state index in [1.54, 1.807) is 20.8 Å². The van der Waals surface area contributed by atoms with Crippen molar-refractivity contribution in [3.63, 3.8) is 0 Å². The molecular weight excluding hydrogens is 156 g/mol. The average Bonchev–Trinajstić information content (AvgIpc) is 2.08. The Labute approximate surface area is 65.1 Å². The Bertz CT molecular complexity index is 137. The summed E-state index contributed by atoms with van der Waals surface area (Å²) in [5.74, 6) is -1.20. The first-order valence-corrected chi connectivity index (χ1v) is 3.64. The van der Waals surface area contributed by atoms with E-state index in [1.807, 2.05) is 0 Å². The average molecular weight is 167 g/mol. The molecule has 0 aromatic rings. The first-order chi connectivity index (χ1) is 4.47. The molecule has 0 radical (unpaired) electrons. The second-order valence-electron chi connectivity index (χ2n) is 2.94. The lowest BCUT2D eigenvalue weighted by molar-refractivity contribution is -0.336. The first-order valence-electron chi connectivity index (χ1n) is 3.10. The van der Waals surface area contributed by atoms with Gasteiger partial charge >= 0.3 is 0 Å². The molecule has 0 aliphatic carbocycles. The van der Waals surface area contributed by atoms with Crippen molar-refractivity contribution in [1.82, 2.24) is 0 Å². The van der Waals surface area contributed by atoms with E-state index in [0.717, 1.165) is 0 Å². The first kappa shape index (κ1) is 8.27. The highest BCUT2D eigenvalue weighted by Gasteiger charge is 2.43. The van der Waals surface area contributed by atoms with Crippen molar-refractivity contribution in [3.8, 4) is 0 Å². The molecule has 1 saturated heterocycles. The molecule has 0 aromatic heterocycles. The number of hydrogen-bond acceptors (Lipinski definition) is 3. The number of rotatable bonds is 1. The van der Waals surface area contributed by atoms with Crippen LogP contribution in [0.4, 0.5) is 0 Å². The highest BCUT2D eigenvalue weighted by atomic mass is 35.5. The van der Waals surface area contributed by atoms with Crippen molar-refractivity contribution in [3.05, 3.63) is 0 Å². The summed E-state index contributed by atoms with van der Waals surface area (Å²) < 4.78 is 5.31. The van der Waals surface area contributed by atoms with Crippen LogP contribution in [0.15, 0.2) is 0 Å². The van der Waals surface area contributed by atoms with Gasteiger partial charge in [0.1, 0.15) is 0 Å². The summed E-state index contributed by atoms with van der Waals surface area (Å²) in [5.41, 5.74) is 0. The Balaban J connectivity index is 2.57. The predicted molar refractivity (Wildman–Crippen MR) is 36.5 cm³/mol. The van der Waals surface area contributed by atoms with Gasteiger partial charge in [-0.1, -0.05) is 0 Å². The molecule has 0 amide bonds. The van der Waals surface area contributed by atoms with Gasteiger partial charge in [0, 0.05) is 0 Å². The van der Waals surface area contributed by atoms with Crippen LogP contribution < -0.4 is 0 Å². The van der Waals surface area contributed by atoms with Gasteiger partial charge in [0.25, 0.3) is 0 Å². The van der Waals surface area contributed by atoms with Crippen molar-refractivity contribution < 1.29 is 14.5 Å². The minimum Gasteiger partial charge on any atom is -0.312 e. The number of hydrogen-bond donors (Lipinski definition) is 0. The maximum Gasteiger partial charge on any atom is 0.215 e. The zero-order valence-corrected chi connectivity index (χ0v) is 7.07. The minimum absolute atomic E-state index is 0.260. The molecule has 1 unspecified atom stereocenters. The Hall–Kier alpha value is 0.170. The Kier molecular flexibility index (Phi) is 1.94. The smallest absolute Gasteiger partial charge is 0.215 e. The van der Waals surface area contributed by atoms with E-state index < -0.39 is 11.6 Å². The molecule has 0 saturated carbocycles. The summed E-state index contributed by atoms with van der Waals surface area (Å²) >= 11 is 5.55. The second-order valence-corrected chi connectivity index (χ2v) is 3.20. The Morgan fingerprint density at radius 1 is 1.20 bits per heavy atom. The maximum absolute atomic E-state index is 5.55. The van der Waals surface area contributed by atoms with Gasteiger partial charge < -0.3 is 4.74 Å². The van der Waals surface area contributed by atoms with Crippen molar-refractivity contribution >= 4 is 11.6 Å². The molecule has 4 heteroatoms. The molecule has 1 atom stereocenters. The van der Waals surface area contributed by atoms with Gasteiger partial charge in [-0.2, -0.15) is 9.78 Å². The van der Waals surface area contributed by atoms with E-state index in [0.29, 0.717) is 0 Å². The van der Waals surface area contributed by atoms with Gasteiger partial charge in [-0.3, -0.25) is 0 Å². The van der Waals surface area contributed by atoms with E-state index in [2.05, 4.69) is 0 Å². The van der Waals surface area contributed by atoms with Gasteiger partial charge in [-0.15, -0.1) is 11.6 Å². The monoisotopic (exact) mass is 166 g/mol. The fraction of sp³-hybridized carbons (Fsp3) is 1.00. The zero-order chi connectivity index (χ0) is 7.83. The lowest BCUT2D eigenvalue weighted by Gasteiger charge is -2.18. The van der Waals surface area contributed by atoms with Crippen LogP contribution in [0, 0.1) is 0 Å². The van der Waals surface area contributed by atoms with Crippen molar-refractivity contribution in [2.75, 3.05) is 5.88 Å². The van der Waals surface area contributed by atoms with Crippen LogP contribution in [-0.4, -0.2) is 17.5 Å². The van der Waals surface area contributed by atoms with E-state index in [9.17, 15) is 0 Å². The van der Waals surface area contributed by atoms with Crippen molar-refractivity contribution in [2.24, 2.45) is 0 Å². The highest BCUT2D eigenvalue weighted by molar-refractivity contribution is 6.18. The van der Waals surface area contributed by atoms with Gasteiger partial charge in [0.2, 0.25) is 5.79 Å². The largest absolute Gasteiger partial charge is 0.312 e. The number of alkyl halides is 1. The molecule has 1 aliphatic heterocycles. The molecule has 0 bridgehead atoms. The van der Waals surface area contributed by atoms with E-state index >= 15 is 0 Å². The zero-order valence-electron chi connectivity index (χ0n) is 6.31. The third-order valence-corrected chi connectivity index (χ3v) is 1.61. The molecule has 1 aliphatic rings. The molecule has 0 aromatic carbocycles. The van der Waals surface area contributed by atoms with Crippen LogP contribution in [0.1, 0.15) is 20.8 Å². The second kappa shape index (κ2) is 2.34. The minimum atomic E-state index is -0.787.